The van der Waals surface area contributed by atoms with E-state index in [-0.39, 0.29) is 0 Å². The highest BCUT2D eigenvalue weighted by atomic mass is 14.5. The van der Waals surface area contributed by atoms with Crippen LogP contribution < -0.4 is 0 Å². The number of allylic oxidation sites excluding steroid dienone is 5. The third kappa shape index (κ3) is 1.60. The Hall–Kier alpha value is -0.780. The van der Waals surface area contributed by atoms with E-state index in [1.807, 2.05) is 0 Å². The predicted octanol–water partition coefficient (Wildman–Crippen LogP) is 4.65. The van der Waals surface area contributed by atoms with Crippen LogP contribution in [0.4, 0.5) is 0 Å². The van der Waals surface area contributed by atoms with Crippen LogP contribution >= 0.6 is 0 Å². The third-order valence-electron chi connectivity index (χ3n) is 4.50. The maximum Gasteiger partial charge on any atom is 0.00158 e. The summed E-state index contributed by atoms with van der Waals surface area (Å²) < 4.78 is 0. The second kappa shape index (κ2) is 3.66. The van der Waals surface area contributed by atoms with Gasteiger partial charge in [0.2, 0.25) is 0 Å². The summed E-state index contributed by atoms with van der Waals surface area (Å²) in [4.78, 5) is 0. The van der Waals surface area contributed by atoms with Crippen molar-refractivity contribution in [2.75, 3.05) is 0 Å². The van der Waals surface area contributed by atoms with Crippen LogP contribution in [0.3, 0.4) is 0 Å². The zero-order valence-corrected chi connectivity index (χ0v) is 10.3. The van der Waals surface area contributed by atoms with Gasteiger partial charge in [0.25, 0.3) is 0 Å². The Morgan fingerprint density at radius 1 is 1.47 bits per heavy atom. The topological polar surface area (TPSA) is 0 Å². The summed E-state index contributed by atoms with van der Waals surface area (Å²) >= 11 is 0. The molecule has 82 valence electrons. The third-order valence-corrected chi connectivity index (χ3v) is 4.50. The molecular formula is C15H22. The summed E-state index contributed by atoms with van der Waals surface area (Å²) in [5.74, 6) is 0.770. The molecule has 0 bridgehead atoms. The number of hydrogen-bond donors (Lipinski definition) is 0. The lowest BCUT2D eigenvalue weighted by Crippen LogP contribution is -2.29. The van der Waals surface area contributed by atoms with Crippen LogP contribution in [0.15, 0.2) is 35.5 Å². The van der Waals surface area contributed by atoms with E-state index in [4.69, 9.17) is 0 Å². The molecule has 0 radical (unpaired) electrons. The van der Waals surface area contributed by atoms with Crippen LogP contribution in [0.2, 0.25) is 0 Å². The van der Waals surface area contributed by atoms with Crippen molar-refractivity contribution in [3.63, 3.8) is 0 Å². The van der Waals surface area contributed by atoms with Crippen LogP contribution in [-0.2, 0) is 0 Å². The quantitative estimate of drug-likeness (QED) is 0.502. The van der Waals surface area contributed by atoms with E-state index >= 15 is 0 Å². The van der Waals surface area contributed by atoms with E-state index < -0.39 is 0 Å². The Morgan fingerprint density at radius 3 is 2.73 bits per heavy atom. The van der Waals surface area contributed by atoms with E-state index in [0.29, 0.717) is 5.41 Å². The lowest BCUT2D eigenvalue weighted by atomic mass is 9.65. The molecule has 1 spiro atoms. The van der Waals surface area contributed by atoms with Crippen molar-refractivity contribution in [3.8, 4) is 0 Å². The molecule has 0 aromatic heterocycles. The van der Waals surface area contributed by atoms with Crippen molar-refractivity contribution < 1.29 is 0 Å². The molecule has 2 unspecified atom stereocenters. The molecule has 0 nitrogen and oxygen atoms in total. The number of rotatable bonds is 0. The summed E-state index contributed by atoms with van der Waals surface area (Å²) in [7, 11) is 0. The molecule has 2 aliphatic carbocycles. The van der Waals surface area contributed by atoms with Gasteiger partial charge in [-0.2, -0.15) is 0 Å². The molecule has 0 amide bonds. The maximum atomic E-state index is 4.28. The van der Waals surface area contributed by atoms with Crippen molar-refractivity contribution in [1.82, 2.24) is 0 Å². The standard InChI is InChI=1S/C15H22/c1-11(2)14-8-9-15(10-14)12(3)6-5-7-13(15)4/h5-6,13H,3,7-10H2,1-2,4H3. The fourth-order valence-corrected chi connectivity index (χ4v) is 3.18. The summed E-state index contributed by atoms with van der Waals surface area (Å²) in [6, 6.07) is 0. The van der Waals surface area contributed by atoms with Crippen LogP contribution in [0, 0.1) is 11.3 Å². The Bertz CT molecular complexity index is 339. The Kier molecular flexibility index (Phi) is 2.62. The molecule has 2 aliphatic rings. The molecule has 0 heteroatoms. The van der Waals surface area contributed by atoms with Gasteiger partial charge in [0.05, 0.1) is 0 Å². The van der Waals surface area contributed by atoms with E-state index in [1.54, 1.807) is 5.57 Å². The molecule has 0 saturated heterocycles. The van der Waals surface area contributed by atoms with Crippen molar-refractivity contribution in [3.05, 3.63) is 35.5 Å². The van der Waals surface area contributed by atoms with E-state index in [9.17, 15) is 0 Å². The lowest BCUT2D eigenvalue weighted by Gasteiger charge is -2.38. The molecule has 0 aromatic rings. The van der Waals surface area contributed by atoms with Gasteiger partial charge in [-0.15, -0.1) is 0 Å². The van der Waals surface area contributed by atoms with Crippen molar-refractivity contribution in [2.45, 2.75) is 46.5 Å². The van der Waals surface area contributed by atoms with Gasteiger partial charge in [0.1, 0.15) is 0 Å². The molecule has 2 rings (SSSR count). The lowest BCUT2D eigenvalue weighted by molar-refractivity contribution is 0.240. The van der Waals surface area contributed by atoms with E-state index in [0.717, 1.165) is 5.92 Å². The minimum atomic E-state index is 0.404. The first kappa shape index (κ1) is 10.7. The van der Waals surface area contributed by atoms with Gasteiger partial charge >= 0.3 is 0 Å². The van der Waals surface area contributed by atoms with Crippen molar-refractivity contribution in [2.24, 2.45) is 11.3 Å². The summed E-state index contributed by atoms with van der Waals surface area (Å²) in [5, 5.41) is 0. The molecule has 2 atom stereocenters. The first-order valence-corrected chi connectivity index (χ1v) is 6.07. The largest absolute Gasteiger partial charge is 0.0953 e. The van der Waals surface area contributed by atoms with Gasteiger partial charge in [-0.05, 0) is 51.0 Å². The van der Waals surface area contributed by atoms with E-state index in [1.165, 1.54) is 36.8 Å². The average Bonchev–Trinajstić information content (AvgIpc) is 2.61. The monoisotopic (exact) mass is 202 g/mol. The van der Waals surface area contributed by atoms with E-state index in [2.05, 4.69) is 39.5 Å². The zero-order chi connectivity index (χ0) is 11.1. The fraction of sp³-hybridized carbons (Fsp3) is 0.600. The SMILES string of the molecule is C=C1C=CCC(C)C12CCC(=C(C)C)C2. The molecule has 1 saturated carbocycles. The first-order chi connectivity index (χ1) is 7.06. The first-order valence-electron chi connectivity index (χ1n) is 6.07. The van der Waals surface area contributed by atoms with Crippen LogP contribution in [0.25, 0.3) is 0 Å². The van der Waals surface area contributed by atoms with Gasteiger partial charge in [0.15, 0.2) is 0 Å². The number of hydrogen-bond acceptors (Lipinski definition) is 0. The van der Waals surface area contributed by atoms with Crippen LogP contribution in [0.1, 0.15) is 46.5 Å². The Balaban J connectivity index is 2.32. The van der Waals surface area contributed by atoms with Gasteiger partial charge in [-0.1, -0.05) is 36.8 Å². The molecule has 0 N–H and O–H groups in total. The average molecular weight is 202 g/mol. The molecule has 0 aromatic carbocycles. The highest BCUT2D eigenvalue weighted by Crippen LogP contribution is 2.55. The van der Waals surface area contributed by atoms with Gasteiger partial charge in [0, 0.05) is 5.41 Å². The highest BCUT2D eigenvalue weighted by molar-refractivity contribution is 5.35. The second-order valence-electron chi connectivity index (χ2n) is 5.50. The molecule has 0 heterocycles. The molecule has 1 fully saturated rings. The van der Waals surface area contributed by atoms with Crippen molar-refractivity contribution >= 4 is 0 Å². The minimum Gasteiger partial charge on any atom is -0.0953 e. The maximum absolute atomic E-state index is 4.28. The molecule has 0 aliphatic heterocycles. The summed E-state index contributed by atoms with van der Waals surface area (Å²) in [5.41, 5.74) is 4.98. The highest BCUT2D eigenvalue weighted by Gasteiger charge is 2.43. The normalized spacial score (nSPS) is 35.3. The molecule has 15 heavy (non-hydrogen) atoms. The van der Waals surface area contributed by atoms with Crippen molar-refractivity contribution in [1.29, 1.82) is 0 Å². The van der Waals surface area contributed by atoms with Gasteiger partial charge in [-0.25, -0.2) is 0 Å². The second-order valence-corrected chi connectivity index (χ2v) is 5.50. The fourth-order valence-electron chi connectivity index (χ4n) is 3.18. The van der Waals surface area contributed by atoms with Crippen LogP contribution in [-0.4, -0.2) is 0 Å². The van der Waals surface area contributed by atoms with Gasteiger partial charge in [-0.3, -0.25) is 0 Å². The summed E-state index contributed by atoms with van der Waals surface area (Å²) in [6.45, 7) is 11.2. The predicted molar refractivity (Wildman–Crippen MR) is 66.7 cm³/mol. The smallest absolute Gasteiger partial charge is 0.00158 e. The Morgan fingerprint density at radius 2 is 2.20 bits per heavy atom. The Labute approximate surface area is 93.8 Å². The van der Waals surface area contributed by atoms with Crippen LogP contribution in [0.5, 0.6) is 0 Å². The molecular weight excluding hydrogens is 180 g/mol. The zero-order valence-electron chi connectivity index (χ0n) is 10.3. The summed E-state index contributed by atoms with van der Waals surface area (Å²) in [6.07, 6.45) is 9.65. The van der Waals surface area contributed by atoms with Gasteiger partial charge < -0.3 is 0 Å². The minimum absolute atomic E-state index is 0.404.